The van der Waals surface area contributed by atoms with Gasteiger partial charge in [0.2, 0.25) is 5.91 Å². The summed E-state index contributed by atoms with van der Waals surface area (Å²) in [6.45, 7) is 5.39. The van der Waals surface area contributed by atoms with Crippen LogP contribution in [0.2, 0.25) is 0 Å². The SMILES string of the molecule is C=CCOc1cc(OC)ccc1NC(C)=O. The first-order valence-electron chi connectivity index (χ1n) is 4.86. The van der Waals surface area contributed by atoms with Gasteiger partial charge in [0.15, 0.2) is 0 Å². The van der Waals surface area contributed by atoms with E-state index in [2.05, 4.69) is 11.9 Å². The van der Waals surface area contributed by atoms with Crippen molar-refractivity contribution in [2.45, 2.75) is 6.92 Å². The Morgan fingerprint density at radius 3 is 2.88 bits per heavy atom. The van der Waals surface area contributed by atoms with Gasteiger partial charge in [0, 0.05) is 13.0 Å². The van der Waals surface area contributed by atoms with E-state index in [1.165, 1.54) is 6.92 Å². The van der Waals surface area contributed by atoms with Crippen LogP contribution in [0.1, 0.15) is 6.92 Å². The van der Waals surface area contributed by atoms with E-state index in [1.807, 2.05) is 0 Å². The molecule has 1 N–H and O–H groups in total. The highest BCUT2D eigenvalue weighted by atomic mass is 16.5. The maximum absolute atomic E-state index is 11.0. The molecule has 1 aromatic carbocycles. The quantitative estimate of drug-likeness (QED) is 0.775. The van der Waals surface area contributed by atoms with E-state index in [0.717, 1.165) is 0 Å². The molecule has 0 aliphatic carbocycles. The average molecular weight is 221 g/mol. The lowest BCUT2D eigenvalue weighted by Gasteiger charge is -2.11. The molecule has 0 bridgehead atoms. The number of carbonyl (C=O) groups is 1. The van der Waals surface area contributed by atoms with Gasteiger partial charge in [0.25, 0.3) is 0 Å². The van der Waals surface area contributed by atoms with Gasteiger partial charge in [-0.15, -0.1) is 0 Å². The molecule has 1 amide bonds. The van der Waals surface area contributed by atoms with Gasteiger partial charge in [-0.2, -0.15) is 0 Å². The Kier molecular flexibility index (Phi) is 4.39. The van der Waals surface area contributed by atoms with Crippen LogP contribution in [0.5, 0.6) is 11.5 Å². The Balaban J connectivity index is 2.95. The second-order valence-corrected chi connectivity index (χ2v) is 3.14. The van der Waals surface area contributed by atoms with Gasteiger partial charge in [-0.1, -0.05) is 12.7 Å². The second-order valence-electron chi connectivity index (χ2n) is 3.14. The van der Waals surface area contributed by atoms with Crippen LogP contribution in [0.25, 0.3) is 0 Å². The molecule has 0 heterocycles. The zero-order chi connectivity index (χ0) is 12.0. The summed E-state index contributed by atoms with van der Waals surface area (Å²) in [5.74, 6) is 1.09. The zero-order valence-corrected chi connectivity index (χ0v) is 9.45. The Bertz CT molecular complexity index is 388. The minimum Gasteiger partial charge on any atom is -0.497 e. The second kappa shape index (κ2) is 5.80. The molecule has 16 heavy (non-hydrogen) atoms. The Morgan fingerprint density at radius 2 is 2.31 bits per heavy atom. The molecule has 1 rings (SSSR count). The molecule has 0 saturated heterocycles. The summed E-state index contributed by atoms with van der Waals surface area (Å²) in [5.41, 5.74) is 0.621. The molecule has 4 heteroatoms. The molecule has 0 unspecified atom stereocenters. The summed E-state index contributed by atoms with van der Waals surface area (Å²) in [6.07, 6.45) is 1.64. The van der Waals surface area contributed by atoms with Gasteiger partial charge >= 0.3 is 0 Å². The predicted molar refractivity (Wildman–Crippen MR) is 63.0 cm³/mol. The van der Waals surface area contributed by atoms with E-state index in [1.54, 1.807) is 31.4 Å². The number of nitrogens with one attached hydrogen (secondary N) is 1. The highest BCUT2D eigenvalue weighted by molar-refractivity contribution is 5.90. The molecule has 0 saturated carbocycles. The van der Waals surface area contributed by atoms with Crippen LogP contribution in [-0.4, -0.2) is 19.6 Å². The van der Waals surface area contributed by atoms with Crippen molar-refractivity contribution in [1.82, 2.24) is 0 Å². The van der Waals surface area contributed by atoms with Crippen molar-refractivity contribution in [1.29, 1.82) is 0 Å². The topological polar surface area (TPSA) is 47.6 Å². The molecule has 0 aliphatic heterocycles. The molecule has 0 atom stereocenters. The highest BCUT2D eigenvalue weighted by Gasteiger charge is 2.06. The van der Waals surface area contributed by atoms with Crippen LogP contribution in [0.4, 0.5) is 5.69 Å². The normalized spacial score (nSPS) is 9.38. The molecule has 0 radical (unpaired) electrons. The van der Waals surface area contributed by atoms with Crippen LogP contribution in [0.3, 0.4) is 0 Å². The first-order valence-corrected chi connectivity index (χ1v) is 4.86. The molecule has 4 nitrogen and oxygen atoms in total. The third-order valence-electron chi connectivity index (χ3n) is 1.86. The number of rotatable bonds is 5. The first-order chi connectivity index (χ1) is 7.67. The summed E-state index contributed by atoms with van der Waals surface area (Å²) < 4.78 is 10.5. The molecule has 0 spiro atoms. The minimum atomic E-state index is -0.145. The van der Waals surface area contributed by atoms with E-state index in [4.69, 9.17) is 9.47 Å². The van der Waals surface area contributed by atoms with Gasteiger partial charge in [0.1, 0.15) is 18.1 Å². The number of amides is 1. The molecule has 0 aliphatic rings. The monoisotopic (exact) mass is 221 g/mol. The third kappa shape index (κ3) is 3.31. The summed E-state index contributed by atoms with van der Waals surface area (Å²) >= 11 is 0. The average Bonchev–Trinajstić information content (AvgIpc) is 2.27. The smallest absolute Gasteiger partial charge is 0.221 e. The van der Waals surface area contributed by atoms with Gasteiger partial charge in [-0.25, -0.2) is 0 Å². The van der Waals surface area contributed by atoms with Crippen molar-refractivity contribution >= 4 is 11.6 Å². The molecular weight excluding hydrogens is 206 g/mol. The van der Waals surface area contributed by atoms with Crippen LogP contribution in [-0.2, 0) is 4.79 Å². The van der Waals surface area contributed by atoms with Crippen molar-refractivity contribution in [3.05, 3.63) is 30.9 Å². The summed E-state index contributed by atoms with van der Waals surface area (Å²) in [4.78, 5) is 11.0. The van der Waals surface area contributed by atoms with Crippen molar-refractivity contribution in [3.8, 4) is 11.5 Å². The number of ether oxygens (including phenoxy) is 2. The highest BCUT2D eigenvalue weighted by Crippen LogP contribution is 2.29. The van der Waals surface area contributed by atoms with Crippen LogP contribution >= 0.6 is 0 Å². The minimum absolute atomic E-state index is 0.145. The fraction of sp³-hybridized carbons (Fsp3) is 0.250. The van der Waals surface area contributed by atoms with Crippen molar-refractivity contribution in [2.24, 2.45) is 0 Å². The standard InChI is InChI=1S/C12H15NO3/c1-4-7-16-12-8-10(15-3)5-6-11(12)13-9(2)14/h4-6,8H,1,7H2,2-3H3,(H,13,14). The molecule has 1 aromatic rings. The van der Waals surface area contributed by atoms with E-state index >= 15 is 0 Å². The molecule has 0 aromatic heterocycles. The molecule has 86 valence electrons. The number of hydrogen-bond donors (Lipinski definition) is 1. The van der Waals surface area contributed by atoms with E-state index in [9.17, 15) is 4.79 Å². The maximum Gasteiger partial charge on any atom is 0.221 e. The van der Waals surface area contributed by atoms with E-state index < -0.39 is 0 Å². The van der Waals surface area contributed by atoms with Gasteiger partial charge in [-0.05, 0) is 12.1 Å². The largest absolute Gasteiger partial charge is 0.497 e. The van der Waals surface area contributed by atoms with Gasteiger partial charge in [0.05, 0.1) is 12.8 Å². The van der Waals surface area contributed by atoms with E-state index in [-0.39, 0.29) is 5.91 Å². The first kappa shape index (κ1) is 12.1. The van der Waals surface area contributed by atoms with Gasteiger partial charge in [-0.3, -0.25) is 4.79 Å². The number of anilines is 1. The lowest BCUT2D eigenvalue weighted by atomic mass is 10.2. The Hall–Kier alpha value is -1.97. The molecular formula is C12H15NO3. The van der Waals surface area contributed by atoms with Crippen LogP contribution in [0.15, 0.2) is 30.9 Å². The lowest BCUT2D eigenvalue weighted by Crippen LogP contribution is -2.08. The van der Waals surface area contributed by atoms with Crippen LogP contribution in [0, 0.1) is 0 Å². The number of methoxy groups -OCH3 is 1. The maximum atomic E-state index is 11.0. The third-order valence-corrected chi connectivity index (χ3v) is 1.86. The summed E-state index contributed by atoms with van der Waals surface area (Å²) in [5, 5.41) is 2.68. The predicted octanol–water partition coefficient (Wildman–Crippen LogP) is 2.22. The number of hydrogen-bond acceptors (Lipinski definition) is 3. The fourth-order valence-electron chi connectivity index (χ4n) is 1.19. The zero-order valence-electron chi connectivity index (χ0n) is 9.45. The Labute approximate surface area is 94.9 Å². The Morgan fingerprint density at radius 1 is 1.56 bits per heavy atom. The fourth-order valence-corrected chi connectivity index (χ4v) is 1.19. The summed E-state index contributed by atoms with van der Waals surface area (Å²) in [6, 6.07) is 5.21. The molecule has 0 fully saturated rings. The van der Waals surface area contributed by atoms with Gasteiger partial charge < -0.3 is 14.8 Å². The lowest BCUT2D eigenvalue weighted by molar-refractivity contribution is -0.114. The van der Waals surface area contributed by atoms with Crippen LogP contribution < -0.4 is 14.8 Å². The number of benzene rings is 1. The van der Waals surface area contributed by atoms with Crippen molar-refractivity contribution < 1.29 is 14.3 Å². The summed E-state index contributed by atoms with van der Waals surface area (Å²) in [7, 11) is 1.57. The van der Waals surface area contributed by atoms with E-state index in [0.29, 0.717) is 23.8 Å². The number of carbonyl (C=O) groups excluding carboxylic acids is 1. The van der Waals surface area contributed by atoms with Crippen molar-refractivity contribution in [3.63, 3.8) is 0 Å². The van der Waals surface area contributed by atoms with Crippen molar-refractivity contribution in [2.75, 3.05) is 19.0 Å².